The Morgan fingerprint density at radius 1 is 1.19 bits per heavy atom. The van der Waals surface area contributed by atoms with E-state index in [1.807, 2.05) is 4.72 Å². The van der Waals surface area contributed by atoms with Crippen LogP contribution >= 0.6 is 0 Å². The molecule has 1 aromatic rings. The molecule has 1 rings (SSSR count). The van der Waals surface area contributed by atoms with E-state index >= 15 is 0 Å². The summed E-state index contributed by atoms with van der Waals surface area (Å²) in [5.74, 6) is -1.26. The highest BCUT2D eigenvalue weighted by molar-refractivity contribution is 7.89. The molecule has 0 heterocycles. The monoisotopic (exact) mass is 324 g/mol. The number of rotatable bonds is 7. The van der Waals surface area contributed by atoms with Crippen molar-refractivity contribution in [2.24, 2.45) is 0 Å². The molecule has 5 nitrogen and oxygen atoms in total. The molecule has 0 saturated carbocycles. The molecule has 21 heavy (non-hydrogen) atoms. The first kappa shape index (κ1) is 17.4. The molecule has 0 aromatic heterocycles. The second-order valence-electron chi connectivity index (χ2n) is 4.22. The van der Waals surface area contributed by atoms with Crippen molar-refractivity contribution < 1.29 is 31.5 Å². The van der Waals surface area contributed by atoms with E-state index in [-0.39, 0.29) is 25.8 Å². The Morgan fingerprint density at radius 2 is 1.81 bits per heavy atom. The Bertz CT molecular complexity index is 599. The number of aliphatic carboxylic acids is 1. The lowest BCUT2D eigenvalue weighted by Gasteiger charge is -2.13. The van der Waals surface area contributed by atoms with Gasteiger partial charge in [0.15, 0.2) is 0 Å². The smallest absolute Gasteiger partial charge is 0.417 e. The molecule has 0 saturated heterocycles. The van der Waals surface area contributed by atoms with Gasteiger partial charge in [-0.2, -0.15) is 13.2 Å². The van der Waals surface area contributed by atoms with Crippen LogP contribution in [0, 0.1) is 0 Å². The van der Waals surface area contributed by atoms with Crippen LogP contribution in [0.3, 0.4) is 0 Å². The number of sulfonamides is 1. The Balaban J connectivity index is 2.78. The Hall–Kier alpha value is -1.61. The van der Waals surface area contributed by atoms with Gasteiger partial charge in [0, 0.05) is 12.5 Å². The van der Waals surface area contributed by atoms with E-state index in [9.17, 15) is 31.5 Å². The highest BCUT2D eigenvalue weighted by Crippen LogP contribution is 2.33. The Labute approximate surface area is 119 Å². The molecule has 0 amide bonds. The summed E-state index contributed by atoms with van der Waals surface area (Å²) >= 11 is 0. The fraction of sp³-hybridized carbons (Fsp3) is 0.417. The van der Waals surface area contributed by atoms with Gasteiger partial charge in [0.2, 0.25) is 10.0 Å². The second-order valence-corrected chi connectivity index (χ2v) is 5.96. The largest absolute Gasteiger partial charge is 0.550 e. The average molecular weight is 324 g/mol. The van der Waals surface area contributed by atoms with Crippen molar-refractivity contribution in [1.82, 2.24) is 4.72 Å². The molecular formula is C12H13F3NO4S-. The molecule has 1 aromatic carbocycles. The maximum absolute atomic E-state index is 12.7. The minimum Gasteiger partial charge on any atom is -0.550 e. The zero-order valence-electron chi connectivity index (χ0n) is 10.8. The summed E-state index contributed by atoms with van der Waals surface area (Å²) in [6.45, 7) is -0.151. The first-order chi connectivity index (χ1) is 9.64. The summed E-state index contributed by atoms with van der Waals surface area (Å²) in [6, 6.07) is 3.85. The van der Waals surface area contributed by atoms with Crippen LogP contribution in [-0.2, 0) is 21.0 Å². The molecule has 0 aliphatic rings. The van der Waals surface area contributed by atoms with Gasteiger partial charge in [0.1, 0.15) is 0 Å². The van der Waals surface area contributed by atoms with Crippen molar-refractivity contribution in [2.75, 3.05) is 6.54 Å². The molecular weight excluding hydrogens is 311 g/mol. The summed E-state index contributed by atoms with van der Waals surface area (Å²) in [6.07, 6.45) is -4.66. The number of alkyl halides is 3. The van der Waals surface area contributed by atoms with Gasteiger partial charge >= 0.3 is 6.18 Å². The number of carbonyl (C=O) groups excluding carboxylic acids is 1. The summed E-state index contributed by atoms with van der Waals surface area (Å²) in [7, 11) is -4.31. The molecule has 0 bridgehead atoms. The molecule has 0 aliphatic heterocycles. The third kappa shape index (κ3) is 5.35. The third-order valence-corrected chi connectivity index (χ3v) is 4.10. The van der Waals surface area contributed by atoms with E-state index in [4.69, 9.17) is 0 Å². The number of hydrogen-bond acceptors (Lipinski definition) is 4. The van der Waals surface area contributed by atoms with Crippen LogP contribution in [0.25, 0.3) is 0 Å². The second kappa shape index (κ2) is 6.90. The third-order valence-electron chi connectivity index (χ3n) is 2.58. The van der Waals surface area contributed by atoms with Gasteiger partial charge in [-0.25, -0.2) is 13.1 Å². The highest BCUT2D eigenvalue weighted by atomic mass is 32.2. The van der Waals surface area contributed by atoms with Gasteiger partial charge in [-0.15, -0.1) is 0 Å². The zero-order chi connectivity index (χ0) is 16.1. The van der Waals surface area contributed by atoms with Crippen molar-refractivity contribution in [2.45, 2.75) is 30.3 Å². The fourth-order valence-corrected chi connectivity index (χ4v) is 2.91. The maximum Gasteiger partial charge on any atom is 0.417 e. The van der Waals surface area contributed by atoms with Crippen molar-refractivity contribution in [1.29, 1.82) is 0 Å². The molecule has 0 fully saturated rings. The van der Waals surface area contributed by atoms with Crippen LogP contribution in [0.15, 0.2) is 29.2 Å². The van der Waals surface area contributed by atoms with Crippen LogP contribution in [0.5, 0.6) is 0 Å². The summed E-state index contributed by atoms with van der Waals surface area (Å²) in [5.41, 5.74) is -1.24. The maximum atomic E-state index is 12.7. The Kier molecular flexibility index (Phi) is 5.73. The molecule has 118 valence electrons. The van der Waals surface area contributed by atoms with Gasteiger partial charge in [0.25, 0.3) is 0 Å². The average Bonchev–Trinajstić information content (AvgIpc) is 2.37. The van der Waals surface area contributed by atoms with E-state index in [1.165, 1.54) is 6.07 Å². The number of halogens is 3. The molecule has 0 spiro atoms. The number of unbranched alkanes of at least 4 members (excludes halogenated alkanes) is 1. The first-order valence-corrected chi connectivity index (χ1v) is 7.48. The van der Waals surface area contributed by atoms with Crippen LogP contribution in [0.2, 0.25) is 0 Å². The van der Waals surface area contributed by atoms with Crippen LogP contribution in [0.1, 0.15) is 24.8 Å². The van der Waals surface area contributed by atoms with Gasteiger partial charge < -0.3 is 9.90 Å². The van der Waals surface area contributed by atoms with Crippen molar-refractivity contribution in [3.63, 3.8) is 0 Å². The first-order valence-electron chi connectivity index (χ1n) is 6.00. The van der Waals surface area contributed by atoms with Crippen LogP contribution < -0.4 is 9.83 Å². The van der Waals surface area contributed by atoms with Gasteiger partial charge in [-0.05, 0) is 31.4 Å². The van der Waals surface area contributed by atoms with Gasteiger partial charge in [0.05, 0.1) is 10.5 Å². The topological polar surface area (TPSA) is 86.3 Å². The summed E-state index contributed by atoms with van der Waals surface area (Å²) < 4.78 is 64.0. The number of nitrogens with one attached hydrogen (secondary N) is 1. The van der Waals surface area contributed by atoms with Crippen LogP contribution in [0.4, 0.5) is 13.2 Å². The van der Waals surface area contributed by atoms with Crippen molar-refractivity contribution >= 4 is 16.0 Å². The summed E-state index contributed by atoms with van der Waals surface area (Å²) in [4.78, 5) is 9.31. The van der Waals surface area contributed by atoms with Crippen LogP contribution in [-0.4, -0.2) is 20.9 Å². The lowest BCUT2D eigenvalue weighted by Crippen LogP contribution is -2.27. The standard InChI is InChI=1S/C12H14F3NO4S/c13-12(14,15)9-5-1-2-6-10(9)21(19,20)16-8-4-3-7-11(17)18/h1-2,5-6,16H,3-4,7-8H2,(H,17,18)/p-1. The molecule has 0 radical (unpaired) electrons. The minimum absolute atomic E-state index is 0.151. The lowest BCUT2D eigenvalue weighted by molar-refractivity contribution is -0.305. The Morgan fingerprint density at radius 3 is 2.38 bits per heavy atom. The number of carboxylic acids is 1. The molecule has 1 N–H and O–H groups in total. The molecule has 0 unspecified atom stereocenters. The lowest BCUT2D eigenvalue weighted by atomic mass is 10.2. The molecule has 0 atom stereocenters. The van der Waals surface area contributed by atoms with Gasteiger partial charge in [-0.1, -0.05) is 12.1 Å². The molecule has 0 aliphatic carbocycles. The predicted molar refractivity (Wildman–Crippen MR) is 65.5 cm³/mol. The molecule has 9 heteroatoms. The number of carbonyl (C=O) groups is 1. The summed E-state index contributed by atoms with van der Waals surface area (Å²) in [5, 5.41) is 10.2. The number of benzene rings is 1. The van der Waals surface area contributed by atoms with Gasteiger partial charge in [-0.3, -0.25) is 0 Å². The van der Waals surface area contributed by atoms with Crippen molar-refractivity contribution in [3.05, 3.63) is 29.8 Å². The number of carboxylic acid groups (broad SMARTS) is 1. The van der Waals surface area contributed by atoms with E-state index < -0.39 is 32.6 Å². The fourth-order valence-electron chi connectivity index (χ4n) is 1.61. The van der Waals surface area contributed by atoms with Crippen molar-refractivity contribution in [3.8, 4) is 0 Å². The van der Waals surface area contributed by atoms with E-state index in [0.29, 0.717) is 6.07 Å². The van der Waals surface area contributed by atoms with E-state index in [2.05, 4.69) is 0 Å². The number of hydrogen-bond donors (Lipinski definition) is 1. The zero-order valence-corrected chi connectivity index (χ0v) is 11.6. The quantitative estimate of drug-likeness (QED) is 0.755. The van der Waals surface area contributed by atoms with E-state index in [1.54, 1.807) is 0 Å². The SMILES string of the molecule is O=C([O-])CCCCNS(=O)(=O)c1ccccc1C(F)(F)F. The highest BCUT2D eigenvalue weighted by Gasteiger charge is 2.36. The van der Waals surface area contributed by atoms with E-state index in [0.717, 1.165) is 12.1 Å². The minimum atomic E-state index is -4.78. The predicted octanol–water partition coefficient (Wildman–Crippen LogP) is 0.904. The normalized spacial score (nSPS) is 12.3.